The highest BCUT2D eigenvalue weighted by atomic mass is 16.5. The molecule has 2 aromatic rings. The van der Waals surface area contributed by atoms with E-state index >= 15 is 0 Å². The fraction of sp³-hybridized carbons (Fsp3) is 0.412. The third-order valence-corrected chi connectivity index (χ3v) is 4.25. The van der Waals surface area contributed by atoms with E-state index < -0.39 is 0 Å². The number of ether oxygens (including phenoxy) is 1. The van der Waals surface area contributed by atoms with E-state index in [0.717, 1.165) is 17.0 Å². The fourth-order valence-corrected chi connectivity index (χ4v) is 2.84. The third kappa shape index (κ3) is 3.22. The Morgan fingerprint density at radius 2 is 2.13 bits per heavy atom. The second kappa shape index (κ2) is 6.42. The molecule has 6 nitrogen and oxygen atoms in total. The minimum absolute atomic E-state index is 0.0400. The average Bonchev–Trinajstić information content (AvgIpc) is 2.93. The predicted octanol–water partition coefficient (Wildman–Crippen LogP) is 1.05. The Balaban J connectivity index is 1.67. The number of imidazole rings is 1. The first kappa shape index (κ1) is 15.6. The highest BCUT2D eigenvalue weighted by molar-refractivity contribution is 5.78. The van der Waals surface area contributed by atoms with E-state index in [2.05, 4.69) is 4.98 Å². The Labute approximate surface area is 135 Å². The maximum absolute atomic E-state index is 12.5. The summed E-state index contributed by atoms with van der Waals surface area (Å²) in [6.45, 7) is 2.30. The fourth-order valence-electron chi connectivity index (χ4n) is 2.84. The van der Waals surface area contributed by atoms with Crippen LogP contribution in [0.2, 0.25) is 0 Å². The van der Waals surface area contributed by atoms with Crippen LogP contribution in [-0.4, -0.2) is 44.7 Å². The minimum Gasteiger partial charge on any atom is -0.484 e. The molecule has 3 rings (SSSR count). The summed E-state index contributed by atoms with van der Waals surface area (Å²) in [5.74, 6) is 0.529. The molecule has 1 aromatic heterocycles. The number of carbonyl (C=O) groups is 1. The van der Waals surface area contributed by atoms with E-state index in [0.29, 0.717) is 18.7 Å². The van der Waals surface area contributed by atoms with Crippen LogP contribution in [0.5, 0.6) is 5.75 Å². The van der Waals surface area contributed by atoms with Crippen molar-refractivity contribution in [2.45, 2.75) is 25.9 Å². The number of nitrogens with zero attached hydrogens (tertiary/aromatic N) is 3. The van der Waals surface area contributed by atoms with Gasteiger partial charge in [-0.25, -0.2) is 4.98 Å². The number of hydrogen-bond acceptors (Lipinski definition) is 4. The van der Waals surface area contributed by atoms with Gasteiger partial charge < -0.3 is 19.3 Å². The Hall–Kier alpha value is -2.34. The van der Waals surface area contributed by atoms with Crippen molar-refractivity contribution in [1.29, 1.82) is 0 Å². The van der Waals surface area contributed by atoms with E-state index in [4.69, 9.17) is 4.74 Å². The SMILES string of the molecule is Cc1ccc(OCC(=O)N2Cc3ncn(C)c3C[C@H]2CO)cc1. The Morgan fingerprint density at radius 1 is 1.39 bits per heavy atom. The molecule has 6 heteroatoms. The van der Waals surface area contributed by atoms with Crippen molar-refractivity contribution >= 4 is 5.91 Å². The zero-order valence-electron chi connectivity index (χ0n) is 13.4. The molecule has 1 N–H and O–H groups in total. The largest absolute Gasteiger partial charge is 0.484 e. The van der Waals surface area contributed by atoms with Crippen molar-refractivity contribution in [3.8, 4) is 5.75 Å². The summed E-state index contributed by atoms with van der Waals surface area (Å²) in [6, 6.07) is 7.35. The lowest BCUT2D eigenvalue weighted by molar-refractivity contribution is -0.138. The normalized spacial score (nSPS) is 17.0. The molecule has 0 saturated heterocycles. The van der Waals surface area contributed by atoms with Crippen molar-refractivity contribution in [2.24, 2.45) is 7.05 Å². The van der Waals surface area contributed by atoms with E-state index in [1.165, 1.54) is 0 Å². The molecule has 122 valence electrons. The van der Waals surface area contributed by atoms with Crippen molar-refractivity contribution in [3.63, 3.8) is 0 Å². The Bertz CT molecular complexity index is 694. The van der Waals surface area contributed by atoms with Gasteiger partial charge in [0.15, 0.2) is 6.61 Å². The summed E-state index contributed by atoms with van der Waals surface area (Å²) in [7, 11) is 1.93. The standard InChI is InChI=1S/C17H21N3O3/c1-12-3-5-14(6-4-12)23-10-17(22)20-8-15-16(7-13(20)9-21)19(2)11-18-15/h3-6,11,13,21H,7-10H2,1-2H3/t13-/m0/s1. The summed E-state index contributed by atoms with van der Waals surface area (Å²) in [5, 5.41) is 9.62. The Morgan fingerprint density at radius 3 is 2.83 bits per heavy atom. The molecule has 0 saturated carbocycles. The molecular formula is C17H21N3O3. The molecule has 0 bridgehead atoms. The van der Waals surface area contributed by atoms with Crippen LogP contribution >= 0.6 is 0 Å². The van der Waals surface area contributed by atoms with Crippen molar-refractivity contribution in [3.05, 3.63) is 47.5 Å². The van der Waals surface area contributed by atoms with Crippen molar-refractivity contribution in [2.75, 3.05) is 13.2 Å². The van der Waals surface area contributed by atoms with Crippen LogP contribution in [0.4, 0.5) is 0 Å². The number of rotatable bonds is 4. The highest BCUT2D eigenvalue weighted by Gasteiger charge is 2.31. The molecule has 1 amide bonds. The van der Waals surface area contributed by atoms with Crippen LogP contribution < -0.4 is 4.74 Å². The van der Waals surface area contributed by atoms with Crippen LogP contribution in [0.15, 0.2) is 30.6 Å². The van der Waals surface area contributed by atoms with Crippen molar-refractivity contribution < 1.29 is 14.6 Å². The first-order chi connectivity index (χ1) is 11.1. The molecule has 0 radical (unpaired) electrons. The number of fused-ring (bicyclic) bond motifs is 1. The maximum atomic E-state index is 12.5. The quantitative estimate of drug-likeness (QED) is 0.916. The molecule has 0 unspecified atom stereocenters. The van der Waals surface area contributed by atoms with Crippen LogP contribution in [0.25, 0.3) is 0 Å². The lowest BCUT2D eigenvalue weighted by Gasteiger charge is -2.34. The Kier molecular flexibility index (Phi) is 4.34. The van der Waals surface area contributed by atoms with Gasteiger partial charge in [-0.15, -0.1) is 0 Å². The maximum Gasteiger partial charge on any atom is 0.261 e. The monoisotopic (exact) mass is 315 g/mol. The molecular weight excluding hydrogens is 294 g/mol. The molecule has 1 atom stereocenters. The number of aromatic nitrogens is 2. The number of aliphatic hydroxyl groups excluding tert-OH is 1. The summed E-state index contributed by atoms with van der Waals surface area (Å²) < 4.78 is 7.51. The zero-order valence-corrected chi connectivity index (χ0v) is 13.4. The molecule has 0 fully saturated rings. The average molecular weight is 315 g/mol. The van der Waals surface area contributed by atoms with Gasteiger partial charge in [-0.1, -0.05) is 17.7 Å². The number of amides is 1. The molecule has 0 aliphatic carbocycles. The van der Waals surface area contributed by atoms with Crippen molar-refractivity contribution in [1.82, 2.24) is 14.5 Å². The molecule has 1 aromatic carbocycles. The molecule has 1 aliphatic heterocycles. The van der Waals surface area contributed by atoms with Gasteiger partial charge >= 0.3 is 0 Å². The first-order valence-corrected chi connectivity index (χ1v) is 7.67. The van der Waals surface area contributed by atoms with Gasteiger partial charge in [0.05, 0.1) is 31.2 Å². The second-order valence-electron chi connectivity index (χ2n) is 5.91. The van der Waals surface area contributed by atoms with Crippen LogP contribution in [0.3, 0.4) is 0 Å². The zero-order chi connectivity index (χ0) is 16.4. The van der Waals surface area contributed by atoms with Gasteiger partial charge in [0.1, 0.15) is 5.75 Å². The number of benzene rings is 1. The van der Waals surface area contributed by atoms with Crippen LogP contribution in [-0.2, 0) is 24.8 Å². The smallest absolute Gasteiger partial charge is 0.261 e. The van der Waals surface area contributed by atoms with E-state index in [1.807, 2.05) is 42.8 Å². The van der Waals surface area contributed by atoms with Crippen LogP contribution in [0.1, 0.15) is 17.0 Å². The number of aliphatic hydroxyl groups is 1. The number of aryl methyl sites for hydroxylation is 2. The van der Waals surface area contributed by atoms with E-state index in [-0.39, 0.29) is 25.2 Å². The molecule has 23 heavy (non-hydrogen) atoms. The van der Waals surface area contributed by atoms with E-state index in [1.54, 1.807) is 11.2 Å². The number of carbonyl (C=O) groups excluding carboxylic acids is 1. The molecule has 0 spiro atoms. The van der Waals surface area contributed by atoms with Gasteiger partial charge in [-0.2, -0.15) is 0 Å². The summed E-state index contributed by atoms with van der Waals surface area (Å²) in [4.78, 5) is 18.5. The van der Waals surface area contributed by atoms with Crippen LogP contribution in [0, 0.1) is 6.92 Å². The number of hydrogen-bond donors (Lipinski definition) is 1. The predicted molar refractivity (Wildman–Crippen MR) is 85.0 cm³/mol. The highest BCUT2D eigenvalue weighted by Crippen LogP contribution is 2.22. The minimum atomic E-state index is -0.230. The summed E-state index contributed by atoms with van der Waals surface area (Å²) in [6.07, 6.45) is 2.36. The van der Waals surface area contributed by atoms with E-state index in [9.17, 15) is 9.90 Å². The van der Waals surface area contributed by atoms with Gasteiger partial charge in [0, 0.05) is 19.2 Å². The molecule has 2 heterocycles. The van der Waals surface area contributed by atoms with Gasteiger partial charge in [0.2, 0.25) is 0 Å². The van der Waals surface area contributed by atoms with Gasteiger partial charge in [-0.3, -0.25) is 4.79 Å². The second-order valence-corrected chi connectivity index (χ2v) is 5.91. The van der Waals surface area contributed by atoms with Gasteiger partial charge in [0.25, 0.3) is 5.91 Å². The summed E-state index contributed by atoms with van der Waals surface area (Å²) >= 11 is 0. The summed E-state index contributed by atoms with van der Waals surface area (Å²) in [5.41, 5.74) is 3.11. The van der Waals surface area contributed by atoms with Gasteiger partial charge in [-0.05, 0) is 19.1 Å². The lowest BCUT2D eigenvalue weighted by atomic mass is 10.0. The first-order valence-electron chi connectivity index (χ1n) is 7.67. The topological polar surface area (TPSA) is 67.6 Å². The lowest BCUT2D eigenvalue weighted by Crippen LogP contribution is -2.48. The molecule has 1 aliphatic rings. The third-order valence-electron chi connectivity index (χ3n) is 4.25.